The minimum atomic E-state index is 0.300. The predicted molar refractivity (Wildman–Crippen MR) is 104 cm³/mol. The van der Waals surface area contributed by atoms with Crippen LogP contribution in [0.15, 0.2) is 48.5 Å². The largest absolute Gasteiger partial charge is 0.497 e. The molecule has 2 aromatic carbocycles. The number of hydrogen-bond donors (Lipinski definition) is 3. The van der Waals surface area contributed by atoms with Crippen LogP contribution >= 0.6 is 12.2 Å². The summed E-state index contributed by atoms with van der Waals surface area (Å²) in [4.78, 5) is 1.34. The second-order valence-electron chi connectivity index (χ2n) is 6.10. The number of rotatable bonds is 6. The van der Waals surface area contributed by atoms with Crippen molar-refractivity contribution in [2.45, 2.75) is 13.0 Å². The summed E-state index contributed by atoms with van der Waals surface area (Å²) in [6, 6.07) is 16.7. The van der Waals surface area contributed by atoms with Crippen LogP contribution < -0.4 is 20.3 Å². The van der Waals surface area contributed by atoms with E-state index in [1.54, 1.807) is 7.11 Å². The van der Waals surface area contributed by atoms with Crippen molar-refractivity contribution in [1.82, 2.24) is 5.32 Å². The summed E-state index contributed by atoms with van der Waals surface area (Å²) in [5.41, 5.74) is 3.48. The van der Waals surface area contributed by atoms with Gasteiger partial charge in [-0.1, -0.05) is 17.7 Å². The molecule has 128 valence electrons. The standard InChI is InChI=1S/C19H25N3OS/c1-14-5-9-16(10-6-14)21-19(24)20-13-18(22(2)3)15-7-11-17(23-4)12-8-15/h5-12,18H,13H2,1-4H3,(H2,20,21,24)/p+1/t18-/m1/s1. The van der Waals surface area contributed by atoms with Gasteiger partial charge in [0.05, 0.1) is 27.7 Å². The highest BCUT2D eigenvalue weighted by Gasteiger charge is 2.18. The Morgan fingerprint density at radius 2 is 1.71 bits per heavy atom. The van der Waals surface area contributed by atoms with Crippen molar-refractivity contribution in [3.63, 3.8) is 0 Å². The van der Waals surface area contributed by atoms with E-state index in [9.17, 15) is 0 Å². The summed E-state index contributed by atoms with van der Waals surface area (Å²) >= 11 is 5.41. The first-order chi connectivity index (χ1) is 11.5. The zero-order valence-corrected chi connectivity index (χ0v) is 15.5. The van der Waals surface area contributed by atoms with Crippen LogP contribution in [0.4, 0.5) is 5.69 Å². The van der Waals surface area contributed by atoms with E-state index in [0.29, 0.717) is 11.2 Å². The first-order valence-electron chi connectivity index (χ1n) is 8.05. The zero-order valence-electron chi connectivity index (χ0n) is 14.7. The van der Waals surface area contributed by atoms with E-state index in [2.05, 4.69) is 55.9 Å². The quantitative estimate of drug-likeness (QED) is 0.702. The van der Waals surface area contributed by atoms with Crippen LogP contribution in [-0.2, 0) is 0 Å². The Labute approximate surface area is 149 Å². The molecule has 0 saturated carbocycles. The van der Waals surface area contributed by atoms with E-state index in [4.69, 9.17) is 17.0 Å². The van der Waals surface area contributed by atoms with Crippen molar-refractivity contribution in [3.05, 3.63) is 59.7 Å². The molecule has 2 aromatic rings. The van der Waals surface area contributed by atoms with Crippen LogP contribution in [0.2, 0.25) is 0 Å². The number of methoxy groups -OCH3 is 1. The van der Waals surface area contributed by atoms with Gasteiger partial charge in [0.25, 0.3) is 0 Å². The van der Waals surface area contributed by atoms with Gasteiger partial charge in [-0.3, -0.25) is 0 Å². The SMILES string of the molecule is COc1ccc([C@@H](CNC(=S)Nc2ccc(C)cc2)[NH+](C)C)cc1. The van der Waals surface area contributed by atoms with Crippen molar-refractivity contribution in [1.29, 1.82) is 0 Å². The smallest absolute Gasteiger partial charge is 0.171 e. The molecule has 0 saturated heterocycles. The van der Waals surface area contributed by atoms with Crippen molar-refractivity contribution >= 4 is 23.0 Å². The molecule has 0 spiro atoms. The molecule has 0 radical (unpaired) electrons. The number of thiocarbonyl (C=S) groups is 1. The van der Waals surface area contributed by atoms with E-state index in [-0.39, 0.29) is 0 Å². The maximum Gasteiger partial charge on any atom is 0.171 e. The van der Waals surface area contributed by atoms with Crippen LogP contribution in [0.1, 0.15) is 17.2 Å². The Morgan fingerprint density at radius 1 is 1.08 bits per heavy atom. The Kier molecular flexibility index (Phi) is 6.58. The Balaban J connectivity index is 1.95. The summed E-state index contributed by atoms with van der Waals surface area (Å²) < 4.78 is 5.23. The second-order valence-corrected chi connectivity index (χ2v) is 6.51. The van der Waals surface area contributed by atoms with Gasteiger partial charge in [0.15, 0.2) is 5.11 Å². The third kappa shape index (κ3) is 5.22. The molecule has 0 aromatic heterocycles. The highest BCUT2D eigenvalue weighted by molar-refractivity contribution is 7.80. The average molecular weight is 345 g/mol. The molecule has 0 aliphatic rings. The fourth-order valence-electron chi connectivity index (χ4n) is 2.50. The molecule has 0 aliphatic carbocycles. The molecule has 24 heavy (non-hydrogen) atoms. The number of hydrogen-bond acceptors (Lipinski definition) is 2. The van der Waals surface area contributed by atoms with E-state index in [0.717, 1.165) is 18.0 Å². The number of aryl methyl sites for hydroxylation is 1. The number of quaternary nitrogens is 1. The van der Waals surface area contributed by atoms with E-state index in [1.165, 1.54) is 16.0 Å². The first kappa shape index (κ1) is 18.2. The minimum Gasteiger partial charge on any atom is -0.497 e. The Hall–Kier alpha value is -2.11. The normalized spacial score (nSPS) is 11.9. The molecule has 5 heteroatoms. The van der Waals surface area contributed by atoms with Crippen molar-refractivity contribution in [3.8, 4) is 5.75 Å². The predicted octanol–water partition coefficient (Wildman–Crippen LogP) is 2.18. The summed E-state index contributed by atoms with van der Waals surface area (Å²) in [6.45, 7) is 2.83. The van der Waals surface area contributed by atoms with Crippen LogP contribution in [0.5, 0.6) is 5.75 Å². The molecular weight excluding hydrogens is 318 g/mol. The van der Waals surface area contributed by atoms with Gasteiger partial charge < -0.3 is 20.3 Å². The molecule has 1 atom stereocenters. The highest BCUT2D eigenvalue weighted by Crippen LogP contribution is 2.15. The second kappa shape index (κ2) is 8.66. The molecule has 2 rings (SSSR count). The van der Waals surface area contributed by atoms with E-state index in [1.807, 2.05) is 24.3 Å². The third-order valence-corrected chi connectivity index (χ3v) is 4.24. The average Bonchev–Trinajstić information content (AvgIpc) is 2.57. The Morgan fingerprint density at radius 3 is 2.25 bits per heavy atom. The molecule has 0 bridgehead atoms. The lowest BCUT2D eigenvalue weighted by atomic mass is 10.1. The van der Waals surface area contributed by atoms with Crippen LogP contribution in [0.25, 0.3) is 0 Å². The molecule has 0 unspecified atom stereocenters. The molecule has 3 N–H and O–H groups in total. The topological polar surface area (TPSA) is 37.7 Å². The van der Waals surface area contributed by atoms with Gasteiger partial charge in [0, 0.05) is 11.3 Å². The number of anilines is 1. The summed E-state index contributed by atoms with van der Waals surface area (Å²) in [7, 11) is 5.97. The summed E-state index contributed by atoms with van der Waals surface area (Å²) in [5, 5.41) is 7.18. The van der Waals surface area contributed by atoms with Gasteiger partial charge in [0.2, 0.25) is 0 Å². The fourth-order valence-corrected chi connectivity index (χ4v) is 2.70. The van der Waals surface area contributed by atoms with Gasteiger partial charge in [-0.15, -0.1) is 0 Å². The summed E-state index contributed by atoms with van der Waals surface area (Å²) in [5.74, 6) is 0.871. The fraction of sp³-hybridized carbons (Fsp3) is 0.316. The lowest BCUT2D eigenvalue weighted by Gasteiger charge is -2.23. The van der Waals surface area contributed by atoms with Crippen molar-refractivity contribution < 1.29 is 9.64 Å². The van der Waals surface area contributed by atoms with Crippen molar-refractivity contribution in [2.24, 2.45) is 0 Å². The zero-order chi connectivity index (χ0) is 17.5. The number of likely N-dealkylation sites (N-methyl/N-ethyl adjacent to an activating group) is 1. The van der Waals surface area contributed by atoms with Gasteiger partial charge in [0.1, 0.15) is 11.8 Å². The minimum absolute atomic E-state index is 0.300. The van der Waals surface area contributed by atoms with Gasteiger partial charge >= 0.3 is 0 Å². The van der Waals surface area contributed by atoms with Gasteiger partial charge in [-0.25, -0.2) is 0 Å². The monoisotopic (exact) mass is 344 g/mol. The number of benzene rings is 2. The highest BCUT2D eigenvalue weighted by atomic mass is 32.1. The molecule has 0 fully saturated rings. The van der Waals surface area contributed by atoms with Crippen LogP contribution in [-0.4, -0.2) is 32.9 Å². The molecule has 0 heterocycles. The van der Waals surface area contributed by atoms with Crippen LogP contribution in [0.3, 0.4) is 0 Å². The van der Waals surface area contributed by atoms with E-state index < -0.39 is 0 Å². The molecule has 0 aliphatic heterocycles. The van der Waals surface area contributed by atoms with E-state index >= 15 is 0 Å². The number of nitrogens with one attached hydrogen (secondary N) is 3. The van der Waals surface area contributed by atoms with Gasteiger partial charge in [-0.2, -0.15) is 0 Å². The summed E-state index contributed by atoms with van der Waals surface area (Å²) in [6.07, 6.45) is 0. The van der Waals surface area contributed by atoms with Gasteiger partial charge in [-0.05, 0) is 55.5 Å². The lowest BCUT2D eigenvalue weighted by molar-refractivity contribution is -0.890. The maximum absolute atomic E-state index is 5.41. The molecular formula is C19H26N3OS+. The molecule has 4 nitrogen and oxygen atoms in total. The third-order valence-electron chi connectivity index (χ3n) is 3.99. The first-order valence-corrected chi connectivity index (χ1v) is 8.46. The van der Waals surface area contributed by atoms with Crippen LogP contribution in [0, 0.1) is 6.92 Å². The maximum atomic E-state index is 5.41. The molecule has 0 amide bonds. The van der Waals surface area contributed by atoms with Crippen molar-refractivity contribution in [2.75, 3.05) is 33.1 Å². The Bertz CT molecular complexity index is 653. The number of ether oxygens (including phenoxy) is 1. The lowest BCUT2D eigenvalue weighted by Crippen LogP contribution is -3.07.